The summed E-state index contributed by atoms with van der Waals surface area (Å²) in [5.41, 5.74) is -0.0164. The highest BCUT2D eigenvalue weighted by molar-refractivity contribution is 6.33. The molecule has 1 atom stereocenters. The summed E-state index contributed by atoms with van der Waals surface area (Å²) in [4.78, 5) is 13.8. The fourth-order valence-corrected chi connectivity index (χ4v) is 2.40. The van der Waals surface area contributed by atoms with Crippen molar-refractivity contribution in [3.05, 3.63) is 34.4 Å². The number of methoxy groups -OCH3 is 1. The molecule has 1 fully saturated rings. The second kappa shape index (κ2) is 5.84. The summed E-state index contributed by atoms with van der Waals surface area (Å²) in [6.07, 6.45) is 1.67. The number of halogens is 3. The zero-order valence-corrected chi connectivity index (χ0v) is 11.2. The Labute approximate surface area is 115 Å². The van der Waals surface area contributed by atoms with Crippen molar-refractivity contribution in [2.24, 2.45) is 0 Å². The van der Waals surface area contributed by atoms with Gasteiger partial charge in [-0.05, 0) is 25.0 Å². The molecule has 1 aromatic rings. The number of benzene rings is 1. The van der Waals surface area contributed by atoms with Crippen molar-refractivity contribution >= 4 is 17.5 Å². The molecule has 3 nitrogen and oxygen atoms in total. The molecule has 1 aromatic carbocycles. The van der Waals surface area contributed by atoms with E-state index in [1.807, 2.05) is 0 Å². The number of ether oxygens (including phenoxy) is 1. The van der Waals surface area contributed by atoms with Gasteiger partial charge in [0.15, 0.2) is 11.6 Å². The van der Waals surface area contributed by atoms with Crippen molar-refractivity contribution in [1.29, 1.82) is 0 Å². The van der Waals surface area contributed by atoms with E-state index in [1.165, 1.54) is 0 Å². The molecule has 0 aromatic heterocycles. The van der Waals surface area contributed by atoms with Crippen LogP contribution in [0.25, 0.3) is 0 Å². The molecule has 19 heavy (non-hydrogen) atoms. The standard InChI is InChI=1S/C13H14ClF2NO2/c1-19-8-3-2-4-17(7-8)13(18)9-5-11(15)12(16)6-10(9)14/h5-6,8H,2-4,7H2,1H3/t8-/m0/s1. The molecular formula is C13H14ClF2NO2. The highest BCUT2D eigenvalue weighted by Gasteiger charge is 2.26. The molecule has 0 saturated carbocycles. The Bertz CT molecular complexity index is 496. The summed E-state index contributed by atoms with van der Waals surface area (Å²) < 4.78 is 31.4. The van der Waals surface area contributed by atoms with Crippen LogP contribution in [-0.4, -0.2) is 37.1 Å². The second-order valence-electron chi connectivity index (χ2n) is 4.50. The van der Waals surface area contributed by atoms with Crippen molar-refractivity contribution in [1.82, 2.24) is 4.90 Å². The van der Waals surface area contributed by atoms with Crippen LogP contribution in [0.3, 0.4) is 0 Å². The molecule has 1 amide bonds. The number of hydrogen-bond acceptors (Lipinski definition) is 2. The van der Waals surface area contributed by atoms with Gasteiger partial charge in [0.1, 0.15) is 0 Å². The number of piperidine rings is 1. The zero-order valence-electron chi connectivity index (χ0n) is 10.5. The fourth-order valence-electron chi connectivity index (χ4n) is 2.17. The van der Waals surface area contributed by atoms with Crippen molar-refractivity contribution < 1.29 is 18.3 Å². The third kappa shape index (κ3) is 3.04. The summed E-state index contributed by atoms with van der Waals surface area (Å²) in [6.45, 7) is 0.999. The third-order valence-corrected chi connectivity index (χ3v) is 3.55. The molecule has 1 saturated heterocycles. The van der Waals surface area contributed by atoms with E-state index in [-0.39, 0.29) is 16.7 Å². The first kappa shape index (κ1) is 14.2. The average Bonchev–Trinajstić information content (AvgIpc) is 2.42. The Balaban J connectivity index is 2.22. The first-order valence-electron chi connectivity index (χ1n) is 5.99. The number of hydrogen-bond donors (Lipinski definition) is 0. The SMILES string of the molecule is CO[C@H]1CCCN(C(=O)c2cc(F)c(F)cc2Cl)C1. The molecule has 0 radical (unpaired) electrons. The van der Waals surface area contributed by atoms with Crippen molar-refractivity contribution in [3.63, 3.8) is 0 Å². The van der Waals surface area contributed by atoms with Gasteiger partial charge in [-0.2, -0.15) is 0 Å². The predicted molar refractivity (Wildman–Crippen MR) is 67.3 cm³/mol. The summed E-state index contributed by atoms with van der Waals surface area (Å²) in [5.74, 6) is -2.53. The summed E-state index contributed by atoms with van der Waals surface area (Å²) in [5, 5.41) is -0.0801. The quantitative estimate of drug-likeness (QED) is 0.784. The summed E-state index contributed by atoms with van der Waals surface area (Å²) in [6, 6.07) is 1.66. The topological polar surface area (TPSA) is 29.5 Å². The molecular weight excluding hydrogens is 276 g/mol. The molecule has 0 bridgehead atoms. The lowest BCUT2D eigenvalue weighted by atomic mass is 10.1. The molecule has 0 unspecified atom stereocenters. The van der Waals surface area contributed by atoms with E-state index in [4.69, 9.17) is 16.3 Å². The van der Waals surface area contributed by atoms with E-state index in [1.54, 1.807) is 12.0 Å². The van der Waals surface area contributed by atoms with Crippen LogP contribution >= 0.6 is 11.6 Å². The maximum Gasteiger partial charge on any atom is 0.255 e. The van der Waals surface area contributed by atoms with Crippen LogP contribution < -0.4 is 0 Å². The van der Waals surface area contributed by atoms with Gasteiger partial charge in [0, 0.05) is 20.2 Å². The maximum atomic E-state index is 13.2. The van der Waals surface area contributed by atoms with E-state index in [0.29, 0.717) is 13.1 Å². The van der Waals surface area contributed by atoms with Gasteiger partial charge >= 0.3 is 0 Å². The summed E-state index contributed by atoms with van der Waals surface area (Å²) >= 11 is 5.80. The molecule has 0 spiro atoms. The normalized spacial score (nSPS) is 19.6. The lowest BCUT2D eigenvalue weighted by molar-refractivity contribution is 0.0268. The lowest BCUT2D eigenvalue weighted by Crippen LogP contribution is -2.43. The van der Waals surface area contributed by atoms with Gasteiger partial charge in [-0.15, -0.1) is 0 Å². The Morgan fingerprint density at radius 3 is 2.79 bits per heavy atom. The number of likely N-dealkylation sites (tertiary alicyclic amines) is 1. The number of amides is 1. The Kier molecular flexibility index (Phi) is 4.37. The van der Waals surface area contributed by atoms with Crippen LogP contribution in [0.4, 0.5) is 8.78 Å². The Hall–Kier alpha value is -1.20. The van der Waals surface area contributed by atoms with E-state index in [0.717, 1.165) is 25.0 Å². The van der Waals surface area contributed by atoms with Crippen LogP contribution in [0.15, 0.2) is 12.1 Å². The van der Waals surface area contributed by atoms with E-state index < -0.39 is 17.5 Å². The van der Waals surface area contributed by atoms with Gasteiger partial charge in [-0.25, -0.2) is 8.78 Å². The second-order valence-corrected chi connectivity index (χ2v) is 4.90. The molecule has 1 aliphatic rings. The van der Waals surface area contributed by atoms with Crippen LogP contribution in [0, 0.1) is 11.6 Å². The Morgan fingerprint density at radius 1 is 1.42 bits per heavy atom. The molecule has 104 valence electrons. The zero-order chi connectivity index (χ0) is 14.0. The monoisotopic (exact) mass is 289 g/mol. The van der Waals surface area contributed by atoms with E-state index in [2.05, 4.69) is 0 Å². The number of carbonyl (C=O) groups excluding carboxylic acids is 1. The minimum atomic E-state index is -1.08. The minimum absolute atomic E-state index is 0.0164. The Morgan fingerprint density at radius 2 is 2.11 bits per heavy atom. The third-order valence-electron chi connectivity index (χ3n) is 3.24. The van der Waals surface area contributed by atoms with E-state index >= 15 is 0 Å². The average molecular weight is 290 g/mol. The van der Waals surface area contributed by atoms with Crippen molar-refractivity contribution in [2.75, 3.05) is 20.2 Å². The number of carbonyl (C=O) groups is 1. The number of nitrogens with zero attached hydrogens (tertiary/aromatic N) is 1. The lowest BCUT2D eigenvalue weighted by Gasteiger charge is -2.32. The van der Waals surface area contributed by atoms with Gasteiger partial charge < -0.3 is 9.64 Å². The molecule has 1 aliphatic heterocycles. The predicted octanol–water partition coefficient (Wildman–Crippen LogP) is 2.87. The van der Waals surface area contributed by atoms with E-state index in [9.17, 15) is 13.6 Å². The van der Waals surface area contributed by atoms with Crippen molar-refractivity contribution in [3.8, 4) is 0 Å². The first-order valence-corrected chi connectivity index (χ1v) is 6.37. The van der Waals surface area contributed by atoms with Crippen LogP contribution in [0.1, 0.15) is 23.2 Å². The smallest absolute Gasteiger partial charge is 0.255 e. The van der Waals surface area contributed by atoms with Crippen molar-refractivity contribution in [2.45, 2.75) is 18.9 Å². The van der Waals surface area contributed by atoms with Gasteiger partial charge in [-0.3, -0.25) is 4.79 Å². The van der Waals surface area contributed by atoms with Gasteiger partial charge in [-0.1, -0.05) is 11.6 Å². The highest BCUT2D eigenvalue weighted by atomic mass is 35.5. The van der Waals surface area contributed by atoms with Crippen LogP contribution in [0.2, 0.25) is 5.02 Å². The van der Waals surface area contributed by atoms with Crippen LogP contribution in [0.5, 0.6) is 0 Å². The maximum absolute atomic E-state index is 13.2. The molecule has 0 N–H and O–H groups in total. The fraction of sp³-hybridized carbons (Fsp3) is 0.462. The largest absolute Gasteiger partial charge is 0.380 e. The summed E-state index contributed by atoms with van der Waals surface area (Å²) in [7, 11) is 1.59. The molecule has 0 aliphatic carbocycles. The van der Waals surface area contributed by atoms with Gasteiger partial charge in [0.05, 0.1) is 16.7 Å². The molecule has 6 heteroatoms. The first-order chi connectivity index (χ1) is 9.02. The van der Waals surface area contributed by atoms with Crippen LogP contribution in [-0.2, 0) is 4.74 Å². The highest BCUT2D eigenvalue weighted by Crippen LogP contribution is 2.23. The molecule has 1 heterocycles. The molecule has 2 rings (SSSR count). The van der Waals surface area contributed by atoms with Gasteiger partial charge in [0.2, 0.25) is 0 Å². The van der Waals surface area contributed by atoms with Gasteiger partial charge in [0.25, 0.3) is 5.91 Å². The number of rotatable bonds is 2. The minimum Gasteiger partial charge on any atom is -0.380 e.